The molecule has 1 N–H and O–H groups in total. The molecular formula is C20H22N4O5S2. The molecule has 4 rings (SSSR count). The summed E-state index contributed by atoms with van der Waals surface area (Å²) in [6.07, 6.45) is 0.616. The number of ether oxygens (including phenoxy) is 2. The number of hydrogen-bond acceptors (Lipinski definition) is 8. The van der Waals surface area contributed by atoms with Gasteiger partial charge in [0, 0.05) is 19.3 Å². The van der Waals surface area contributed by atoms with E-state index in [-0.39, 0.29) is 18.3 Å². The van der Waals surface area contributed by atoms with Crippen LogP contribution in [0.25, 0.3) is 10.2 Å². The fraction of sp³-hybridized carbons (Fsp3) is 0.350. The molecule has 1 saturated heterocycles. The summed E-state index contributed by atoms with van der Waals surface area (Å²) in [5, 5.41) is 3.57. The van der Waals surface area contributed by atoms with E-state index in [1.807, 2.05) is 6.92 Å². The molecule has 11 heteroatoms. The summed E-state index contributed by atoms with van der Waals surface area (Å²) in [5.74, 6) is 0.765. The highest BCUT2D eigenvalue weighted by Gasteiger charge is 2.28. The number of carbonyl (C=O) groups excluding carboxylic acids is 1. The van der Waals surface area contributed by atoms with E-state index in [4.69, 9.17) is 9.47 Å². The van der Waals surface area contributed by atoms with Crippen LogP contribution in [0.1, 0.15) is 27.5 Å². The number of rotatable bonds is 6. The Labute approximate surface area is 184 Å². The van der Waals surface area contributed by atoms with Crippen molar-refractivity contribution in [2.75, 3.05) is 36.1 Å². The van der Waals surface area contributed by atoms with Gasteiger partial charge in [-0.05, 0) is 43.2 Å². The molecule has 0 aliphatic carbocycles. The van der Waals surface area contributed by atoms with Gasteiger partial charge in [-0.1, -0.05) is 0 Å². The molecule has 1 aliphatic rings. The van der Waals surface area contributed by atoms with Gasteiger partial charge in [0.2, 0.25) is 15.9 Å². The molecule has 0 bridgehead atoms. The number of amides is 1. The third kappa shape index (κ3) is 4.08. The number of sulfonamides is 1. The van der Waals surface area contributed by atoms with Crippen LogP contribution in [-0.4, -0.2) is 50.8 Å². The predicted molar refractivity (Wildman–Crippen MR) is 120 cm³/mol. The molecule has 0 radical (unpaired) electrons. The Morgan fingerprint density at radius 3 is 2.58 bits per heavy atom. The lowest BCUT2D eigenvalue weighted by atomic mass is 10.2. The number of methoxy groups -OCH3 is 2. The van der Waals surface area contributed by atoms with Gasteiger partial charge in [0.25, 0.3) is 5.91 Å². The van der Waals surface area contributed by atoms with Crippen molar-refractivity contribution in [3.05, 3.63) is 40.5 Å². The SMILES string of the molecule is COCc1nc(OC)c2c(C)c(C(=O)Nc3ccc(N4CCCS4(=O)=O)cc3)sc2n1. The van der Waals surface area contributed by atoms with E-state index in [0.29, 0.717) is 51.1 Å². The van der Waals surface area contributed by atoms with Gasteiger partial charge in [0.05, 0.1) is 28.8 Å². The molecular weight excluding hydrogens is 440 g/mol. The quantitative estimate of drug-likeness (QED) is 0.600. The standard InChI is InChI=1S/C20H22N4O5S2/c1-12-16-19(29-3)22-15(11-28-2)23-20(16)30-17(12)18(25)21-13-5-7-14(8-6-13)24-9-4-10-31(24,26)27/h5-8H,4,9-11H2,1-3H3,(H,21,25). The van der Waals surface area contributed by atoms with Gasteiger partial charge < -0.3 is 14.8 Å². The highest BCUT2D eigenvalue weighted by molar-refractivity contribution is 7.93. The van der Waals surface area contributed by atoms with Crippen LogP contribution in [0, 0.1) is 6.92 Å². The van der Waals surface area contributed by atoms with Crippen molar-refractivity contribution in [3.63, 3.8) is 0 Å². The van der Waals surface area contributed by atoms with Crippen molar-refractivity contribution < 1.29 is 22.7 Å². The number of thiophene rings is 1. The smallest absolute Gasteiger partial charge is 0.266 e. The molecule has 3 heterocycles. The van der Waals surface area contributed by atoms with Crippen LogP contribution in [-0.2, 0) is 21.4 Å². The van der Waals surface area contributed by atoms with E-state index in [2.05, 4.69) is 15.3 Å². The van der Waals surface area contributed by atoms with Crippen LogP contribution in [0.3, 0.4) is 0 Å². The number of hydrogen-bond donors (Lipinski definition) is 1. The lowest BCUT2D eigenvalue weighted by Gasteiger charge is -2.17. The summed E-state index contributed by atoms with van der Waals surface area (Å²) >= 11 is 1.26. The Balaban J connectivity index is 1.59. The molecule has 1 fully saturated rings. The first-order chi connectivity index (χ1) is 14.8. The zero-order valence-electron chi connectivity index (χ0n) is 17.3. The van der Waals surface area contributed by atoms with E-state index in [0.717, 1.165) is 5.56 Å². The van der Waals surface area contributed by atoms with Crippen LogP contribution in [0.2, 0.25) is 0 Å². The van der Waals surface area contributed by atoms with Gasteiger partial charge in [-0.3, -0.25) is 9.10 Å². The van der Waals surface area contributed by atoms with Gasteiger partial charge in [-0.25, -0.2) is 13.4 Å². The summed E-state index contributed by atoms with van der Waals surface area (Å²) < 4.78 is 36.1. The Morgan fingerprint density at radius 2 is 1.97 bits per heavy atom. The maximum Gasteiger partial charge on any atom is 0.266 e. The van der Waals surface area contributed by atoms with Crippen molar-refractivity contribution >= 4 is 48.9 Å². The number of nitrogens with one attached hydrogen (secondary N) is 1. The molecule has 1 amide bonds. The third-order valence-corrected chi connectivity index (χ3v) is 8.04. The fourth-order valence-electron chi connectivity index (χ4n) is 3.53. The van der Waals surface area contributed by atoms with Crippen LogP contribution >= 0.6 is 11.3 Å². The maximum atomic E-state index is 12.9. The molecule has 164 valence electrons. The molecule has 31 heavy (non-hydrogen) atoms. The molecule has 1 aliphatic heterocycles. The van der Waals surface area contributed by atoms with Gasteiger partial charge >= 0.3 is 0 Å². The number of carbonyl (C=O) groups is 1. The molecule has 0 spiro atoms. The van der Waals surface area contributed by atoms with Crippen molar-refractivity contribution in [1.29, 1.82) is 0 Å². The van der Waals surface area contributed by atoms with Crippen LogP contribution < -0.4 is 14.4 Å². The lowest BCUT2D eigenvalue weighted by molar-refractivity contribution is 0.103. The summed E-state index contributed by atoms with van der Waals surface area (Å²) in [6, 6.07) is 6.78. The first-order valence-corrected chi connectivity index (χ1v) is 12.0. The lowest BCUT2D eigenvalue weighted by Crippen LogP contribution is -2.24. The third-order valence-electron chi connectivity index (χ3n) is 4.99. The normalized spacial score (nSPS) is 15.4. The second-order valence-electron chi connectivity index (χ2n) is 7.06. The number of fused-ring (bicyclic) bond motifs is 1. The second kappa shape index (κ2) is 8.40. The molecule has 9 nitrogen and oxygen atoms in total. The zero-order chi connectivity index (χ0) is 22.2. The van der Waals surface area contributed by atoms with Crippen molar-refractivity contribution in [3.8, 4) is 5.88 Å². The molecule has 0 unspecified atom stereocenters. The minimum Gasteiger partial charge on any atom is -0.480 e. The largest absolute Gasteiger partial charge is 0.480 e. The minimum absolute atomic E-state index is 0.162. The molecule has 1 aromatic carbocycles. The average Bonchev–Trinajstić information content (AvgIpc) is 3.27. The van der Waals surface area contributed by atoms with E-state index >= 15 is 0 Å². The van der Waals surface area contributed by atoms with Gasteiger partial charge in [-0.2, -0.15) is 4.98 Å². The Bertz CT molecular complexity index is 1240. The number of aryl methyl sites for hydroxylation is 1. The fourth-order valence-corrected chi connectivity index (χ4v) is 6.18. The van der Waals surface area contributed by atoms with Crippen LogP contribution in [0.4, 0.5) is 11.4 Å². The summed E-state index contributed by atoms with van der Waals surface area (Å²) in [7, 11) is -0.156. The second-order valence-corrected chi connectivity index (χ2v) is 10.1. The highest BCUT2D eigenvalue weighted by atomic mass is 32.2. The molecule has 0 saturated carbocycles. The van der Waals surface area contributed by atoms with E-state index in [1.54, 1.807) is 31.4 Å². The highest BCUT2D eigenvalue weighted by Crippen LogP contribution is 2.35. The topological polar surface area (TPSA) is 111 Å². The van der Waals surface area contributed by atoms with Crippen molar-refractivity contribution in [2.24, 2.45) is 0 Å². The Morgan fingerprint density at radius 1 is 1.23 bits per heavy atom. The number of anilines is 2. The number of aromatic nitrogens is 2. The number of benzene rings is 1. The first kappa shape index (κ1) is 21.5. The van der Waals surface area contributed by atoms with Crippen LogP contribution in [0.5, 0.6) is 5.88 Å². The Kier molecular flexibility index (Phi) is 5.82. The average molecular weight is 463 g/mol. The zero-order valence-corrected chi connectivity index (χ0v) is 19.0. The number of nitrogens with zero attached hydrogens (tertiary/aromatic N) is 3. The summed E-state index contributed by atoms with van der Waals surface area (Å²) in [4.78, 5) is 22.9. The maximum absolute atomic E-state index is 12.9. The van der Waals surface area contributed by atoms with E-state index in [9.17, 15) is 13.2 Å². The monoisotopic (exact) mass is 462 g/mol. The predicted octanol–water partition coefficient (Wildman–Crippen LogP) is 2.95. The summed E-state index contributed by atoms with van der Waals surface area (Å²) in [6.45, 7) is 2.55. The Hall–Kier alpha value is -2.76. The van der Waals surface area contributed by atoms with E-state index in [1.165, 1.54) is 22.8 Å². The van der Waals surface area contributed by atoms with Gasteiger partial charge in [0.1, 0.15) is 11.4 Å². The van der Waals surface area contributed by atoms with Crippen molar-refractivity contribution in [1.82, 2.24) is 9.97 Å². The van der Waals surface area contributed by atoms with Crippen LogP contribution in [0.15, 0.2) is 24.3 Å². The summed E-state index contributed by atoms with van der Waals surface area (Å²) in [5.41, 5.74) is 1.90. The van der Waals surface area contributed by atoms with E-state index < -0.39 is 10.0 Å². The first-order valence-electron chi connectivity index (χ1n) is 9.59. The van der Waals surface area contributed by atoms with Gasteiger partial charge in [0.15, 0.2) is 5.82 Å². The molecule has 0 atom stereocenters. The molecule has 3 aromatic rings. The minimum atomic E-state index is -3.24. The van der Waals surface area contributed by atoms with Crippen molar-refractivity contribution in [2.45, 2.75) is 20.0 Å². The van der Waals surface area contributed by atoms with Gasteiger partial charge in [-0.15, -0.1) is 11.3 Å². The molecule has 2 aromatic heterocycles.